The van der Waals surface area contributed by atoms with Gasteiger partial charge in [0.1, 0.15) is 16.2 Å². The highest BCUT2D eigenvalue weighted by Gasteiger charge is 2.15. The third-order valence-corrected chi connectivity index (χ3v) is 5.83. The smallest absolute Gasteiger partial charge is 0.316 e. The summed E-state index contributed by atoms with van der Waals surface area (Å²) < 4.78 is 5.12. The molecule has 3 aromatic rings. The van der Waals surface area contributed by atoms with Crippen LogP contribution in [0.3, 0.4) is 0 Å². The molecule has 2 heterocycles. The van der Waals surface area contributed by atoms with Gasteiger partial charge in [-0.2, -0.15) is 0 Å². The van der Waals surface area contributed by atoms with Crippen molar-refractivity contribution in [1.29, 1.82) is 0 Å². The Bertz CT molecular complexity index is 931. The Kier molecular flexibility index (Phi) is 7.39. The number of ether oxygens (including phenoxy) is 1. The van der Waals surface area contributed by atoms with Gasteiger partial charge in [-0.1, -0.05) is 55.4 Å². The van der Waals surface area contributed by atoms with E-state index in [0.29, 0.717) is 0 Å². The summed E-state index contributed by atoms with van der Waals surface area (Å²) in [6.07, 6.45) is 3.24. The van der Waals surface area contributed by atoms with E-state index in [1.165, 1.54) is 29.4 Å². The maximum absolute atomic E-state index is 12.2. The molecule has 2 aromatic heterocycles. The summed E-state index contributed by atoms with van der Waals surface area (Å²) in [6, 6.07) is 11.6. The molecule has 0 saturated carbocycles. The molecule has 0 aliphatic carbocycles. The fourth-order valence-electron chi connectivity index (χ4n) is 2.73. The number of esters is 1. The van der Waals surface area contributed by atoms with Crippen LogP contribution in [0.15, 0.2) is 53.1 Å². The lowest BCUT2D eigenvalue weighted by Crippen LogP contribution is -2.32. The largest absolute Gasteiger partial charge is 0.455 e. The summed E-state index contributed by atoms with van der Waals surface area (Å²) in [5, 5.41) is 6.54. The van der Waals surface area contributed by atoms with E-state index >= 15 is 0 Å². The van der Waals surface area contributed by atoms with Crippen molar-refractivity contribution in [3.63, 3.8) is 0 Å². The molecule has 1 N–H and O–H groups in total. The van der Waals surface area contributed by atoms with Crippen LogP contribution in [-0.2, 0) is 14.3 Å². The first-order chi connectivity index (χ1) is 13.7. The zero-order valence-corrected chi connectivity index (χ0v) is 17.1. The first-order valence-corrected chi connectivity index (χ1v) is 10.8. The Morgan fingerprint density at radius 1 is 1.21 bits per heavy atom. The Morgan fingerprint density at radius 3 is 2.82 bits per heavy atom. The molecular weight excluding hydrogens is 394 g/mol. The van der Waals surface area contributed by atoms with Crippen LogP contribution in [0.4, 0.5) is 0 Å². The van der Waals surface area contributed by atoms with E-state index in [4.69, 9.17) is 4.74 Å². The Morgan fingerprint density at radius 2 is 2.04 bits per heavy atom. The third-order valence-electron chi connectivity index (χ3n) is 4.03. The molecule has 6 nitrogen and oxygen atoms in total. The molecule has 0 aliphatic rings. The van der Waals surface area contributed by atoms with Crippen molar-refractivity contribution < 1.29 is 14.3 Å². The van der Waals surface area contributed by atoms with E-state index in [2.05, 4.69) is 22.2 Å². The summed E-state index contributed by atoms with van der Waals surface area (Å²) in [5.74, 6) is -0.663. The summed E-state index contributed by atoms with van der Waals surface area (Å²) >= 11 is 2.81. The van der Waals surface area contributed by atoms with Gasteiger partial charge >= 0.3 is 5.97 Å². The van der Waals surface area contributed by atoms with Gasteiger partial charge in [0.2, 0.25) is 0 Å². The van der Waals surface area contributed by atoms with Gasteiger partial charge < -0.3 is 10.1 Å². The van der Waals surface area contributed by atoms with E-state index in [1.807, 2.05) is 41.8 Å². The van der Waals surface area contributed by atoms with E-state index < -0.39 is 5.97 Å². The molecule has 146 valence electrons. The number of carbonyl (C=O) groups excluding carboxylic acids is 2. The van der Waals surface area contributed by atoms with Gasteiger partial charge in [-0.3, -0.25) is 9.59 Å². The van der Waals surface area contributed by atoms with Gasteiger partial charge in [0.05, 0.1) is 11.8 Å². The van der Waals surface area contributed by atoms with Crippen molar-refractivity contribution in [2.45, 2.75) is 30.8 Å². The highest BCUT2D eigenvalue weighted by Crippen LogP contribution is 2.27. The molecule has 0 bridgehead atoms. The zero-order chi connectivity index (χ0) is 19.8. The Balaban J connectivity index is 1.47. The highest BCUT2D eigenvalue weighted by molar-refractivity contribution is 8.00. The van der Waals surface area contributed by atoms with E-state index in [0.717, 1.165) is 33.6 Å². The molecule has 28 heavy (non-hydrogen) atoms. The first-order valence-electron chi connectivity index (χ1n) is 8.98. The standard InChI is InChI=1S/C20H21N3O3S2/c1-2-6-16(14-7-4-3-5-8-14)23-17(24)11-26-18(25)12-28-20-15-9-10-27-19(15)21-13-22-20/h3-5,7-10,13,16H,2,6,11-12H2,1H3,(H,23,24)/t16-/m1/s1. The second-order valence-electron chi connectivity index (χ2n) is 6.09. The van der Waals surface area contributed by atoms with Crippen LogP contribution in [0.2, 0.25) is 0 Å². The molecule has 1 aromatic carbocycles. The van der Waals surface area contributed by atoms with Crippen molar-refractivity contribution in [2.75, 3.05) is 12.4 Å². The number of carbonyl (C=O) groups is 2. The van der Waals surface area contributed by atoms with Crippen LogP contribution in [-0.4, -0.2) is 34.2 Å². The topological polar surface area (TPSA) is 81.2 Å². The minimum absolute atomic E-state index is 0.0836. The molecule has 0 fully saturated rings. The predicted octanol–water partition coefficient (Wildman–Crippen LogP) is 3.98. The Labute approximate surface area is 171 Å². The van der Waals surface area contributed by atoms with Crippen LogP contribution in [0.5, 0.6) is 0 Å². The van der Waals surface area contributed by atoms with Gasteiger partial charge in [0.25, 0.3) is 5.91 Å². The average molecular weight is 416 g/mol. The van der Waals surface area contributed by atoms with E-state index in [9.17, 15) is 9.59 Å². The molecule has 3 rings (SSSR count). The third kappa shape index (κ3) is 5.53. The van der Waals surface area contributed by atoms with E-state index in [-0.39, 0.29) is 24.3 Å². The number of hydrogen-bond donors (Lipinski definition) is 1. The number of benzene rings is 1. The minimum atomic E-state index is -0.450. The highest BCUT2D eigenvalue weighted by atomic mass is 32.2. The van der Waals surface area contributed by atoms with Gasteiger partial charge in [0, 0.05) is 5.39 Å². The predicted molar refractivity (Wildman–Crippen MR) is 111 cm³/mol. The lowest BCUT2D eigenvalue weighted by molar-refractivity contribution is -0.146. The first kappa shape index (κ1) is 20.3. The summed E-state index contributed by atoms with van der Waals surface area (Å²) in [4.78, 5) is 33.5. The molecule has 0 radical (unpaired) electrons. The molecule has 8 heteroatoms. The van der Waals surface area contributed by atoms with Gasteiger partial charge in [0.15, 0.2) is 6.61 Å². The summed E-state index contributed by atoms with van der Waals surface area (Å²) in [5.41, 5.74) is 1.04. The van der Waals surface area contributed by atoms with Gasteiger partial charge in [-0.15, -0.1) is 11.3 Å². The number of rotatable bonds is 9. The molecule has 0 saturated heterocycles. The molecular formula is C20H21N3O3S2. The van der Waals surface area contributed by atoms with Crippen molar-refractivity contribution in [3.8, 4) is 0 Å². The second-order valence-corrected chi connectivity index (χ2v) is 7.95. The van der Waals surface area contributed by atoms with Crippen LogP contribution < -0.4 is 5.32 Å². The number of nitrogens with one attached hydrogen (secondary N) is 1. The van der Waals surface area contributed by atoms with Crippen LogP contribution in [0, 0.1) is 0 Å². The number of thioether (sulfide) groups is 1. The van der Waals surface area contributed by atoms with Crippen LogP contribution in [0.1, 0.15) is 31.4 Å². The minimum Gasteiger partial charge on any atom is -0.455 e. The number of thiophene rings is 1. The number of fused-ring (bicyclic) bond motifs is 1. The number of hydrogen-bond acceptors (Lipinski definition) is 7. The van der Waals surface area contributed by atoms with Crippen LogP contribution >= 0.6 is 23.1 Å². The fourth-order valence-corrected chi connectivity index (χ4v) is 4.31. The molecule has 0 spiro atoms. The van der Waals surface area contributed by atoms with Gasteiger partial charge in [-0.25, -0.2) is 9.97 Å². The fraction of sp³-hybridized carbons (Fsp3) is 0.300. The SMILES string of the molecule is CCC[C@@H](NC(=O)COC(=O)CSc1ncnc2sccc12)c1ccccc1. The molecule has 1 amide bonds. The normalized spacial score (nSPS) is 11.9. The van der Waals surface area contributed by atoms with Crippen molar-refractivity contribution in [3.05, 3.63) is 53.7 Å². The maximum Gasteiger partial charge on any atom is 0.316 e. The lowest BCUT2D eigenvalue weighted by Gasteiger charge is -2.18. The quantitative estimate of drug-likeness (QED) is 0.323. The average Bonchev–Trinajstić information content (AvgIpc) is 3.20. The molecule has 0 aliphatic heterocycles. The molecule has 1 atom stereocenters. The van der Waals surface area contributed by atoms with E-state index in [1.54, 1.807) is 0 Å². The van der Waals surface area contributed by atoms with Crippen LogP contribution in [0.25, 0.3) is 10.2 Å². The lowest BCUT2D eigenvalue weighted by atomic mass is 10.0. The van der Waals surface area contributed by atoms with Crippen molar-refractivity contribution >= 4 is 45.2 Å². The Hall–Kier alpha value is -2.45. The second kappa shape index (κ2) is 10.2. The maximum atomic E-state index is 12.2. The number of amides is 1. The number of aromatic nitrogens is 2. The van der Waals surface area contributed by atoms with Crippen molar-refractivity contribution in [1.82, 2.24) is 15.3 Å². The summed E-state index contributed by atoms with van der Waals surface area (Å²) in [7, 11) is 0. The molecule has 0 unspecified atom stereocenters. The summed E-state index contributed by atoms with van der Waals surface area (Å²) in [6.45, 7) is 1.78. The van der Waals surface area contributed by atoms with Crippen molar-refractivity contribution in [2.24, 2.45) is 0 Å². The zero-order valence-electron chi connectivity index (χ0n) is 15.5. The monoisotopic (exact) mass is 415 g/mol. The number of nitrogens with zero attached hydrogens (tertiary/aromatic N) is 2. The van der Waals surface area contributed by atoms with Gasteiger partial charge in [-0.05, 0) is 23.4 Å².